The van der Waals surface area contributed by atoms with Crippen LogP contribution in [0.5, 0.6) is 0 Å². The highest BCUT2D eigenvalue weighted by Crippen LogP contribution is 2.14. The zero-order valence-electron chi connectivity index (χ0n) is 17.1. The number of nitrogens with zero attached hydrogens (tertiary/aromatic N) is 2. The van der Waals surface area contributed by atoms with Crippen molar-refractivity contribution in [1.29, 1.82) is 0 Å². The fraction of sp³-hybridized carbons (Fsp3) is 0.0833. The average Bonchev–Trinajstić information content (AvgIpc) is 3.34. The van der Waals surface area contributed by atoms with Gasteiger partial charge >= 0.3 is 0 Å². The molecule has 1 amide bonds. The van der Waals surface area contributed by atoms with Crippen LogP contribution >= 0.6 is 11.3 Å². The first kappa shape index (κ1) is 21.9. The number of hydrogen-bond acceptors (Lipinski definition) is 4. The molecule has 0 aliphatic rings. The van der Waals surface area contributed by atoms with Gasteiger partial charge in [0.15, 0.2) is 0 Å². The van der Waals surface area contributed by atoms with Gasteiger partial charge < -0.3 is 4.57 Å². The summed E-state index contributed by atoms with van der Waals surface area (Å²) in [6.07, 6.45) is 1.86. The van der Waals surface area contributed by atoms with E-state index in [9.17, 15) is 13.2 Å². The number of benzene rings is 2. The second-order valence-corrected chi connectivity index (χ2v) is 9.82. The van der Waals surface area contributed by atoms with Crippen molar-refractivity contribution in [3.05, 3.63) is 118 Å². The number of hydrogen-bond donors (Lipinski definition) is 1. The maximum absolute atomic E-state index is 12.8. The van der Waals surface area contributed by atoms with E-state index in [-0.39, 0.29) is 17.0 Å². The van der Waals surface area contributed by atoms with E-state index < -0.39 is 15.9 Å². The molecular weight excluding hydrogens is 442 g/mol. The lowest BCUT2D eigenvalue weighted by molar-refractivity contribution is 0.0997. The van der Waals surface area contributed by atoms with Gasteiger partial charge in [0, 0.05) is 29.7 Å². The van der Waals surface area contributed by atoms with Crippen LogP contribution in [0.25, 0.3) is 0 Å². The third-order valence-corrected chi connectivity index (χ3v) is 7.01. The fourth-order valence-corrected chi connectivity index (χ4v) is 4.90. The van der Waals surface area contributed by atoms with Gasteiger partial charge in [0.1, 0.15) is 5.49 Å². The smallest absolute Gasteiger partial charge is 0.278 e. The second kappa shape index (κ2) is 9.86. The van der Waals surface area contributed by atoms with Gasteiger partial charge in [-0.3, -0.25) is 4.79 Å². The topological polar surface area (TPSA) is 80.5 Å². The lowest BCUT2D eigenvalue weighted by Gasteiger charge is -2.08. The average molecular weight is 464 g/mol. The summed E-state index contributed by atoms with van der Waals surface area (Å²) >= 11 is 1.47. The molecule has 0 bridgehead atoms. The zero-order valence-corrected chi connectivity index (χ0v) is 18.7. The van der Waals surface area contributed by atoms with Gasteiger partial charge in [-0.25, -0.2) is 13.1 Å². The van der Waals surface area contributed by atoms with Gasteiger partial charge in [0.2, 0.25) is 10.0 Å². The van der Waals surface area contributed by atoms with Gasteiger partial charge in [-0.1, -0.05) is 48.5 Å². The highest BCUT2D eigenvalue weighted by Gasteiger charge is 2.16. The van der Waals surface area contributed by atoms with Gasteiger partial charge in [0.25, 0.3) is 5.91 Å². The first-order chi connectivity index (χ1) is 15.5. The number of sulfonamides is 1. The first-order valence-electron chi connectivity index (χ1n) is 9.92. The molecule has 0 aliphatic heterocycles. The molecule has 0 saturated heterocycles. The maximum atomic E-state index is 12.8. The van der Waals surface area contributed by atoms with E-state index in [1.54, 1.807) is 18.2 Å². The molecule has 8 heteroatoms. The van der Waals surface area contributed by atoms with Crippen molar-refractivity contribution < 1.29 is 13.2 Å². The Labute approximate surface area is 190 Å². The Bertz CT molecular complexity index is 1380. The van der Waals surface area contributed by atoms with E-state index in [2.05, 4.69) is 9.71 Å². The minimum Gasteiger partial charge on any atom is -0.328 e. The Morgan fingerprint density at radius 2 is 1.75 bits per heavy atom. The summed E-state index contributed by atoms with van der Waals surface area (Å²) < 4.78 is 29.8. The van der Waals surface area contributed by atoms with E-state index >= 15 is 0 Å². The van der Waals surface area contributed by atoms with Crippen molar-refractivity contribution >= 4 is 27.3 Å². The summed E-state index contributed by atoms with van der Waals surface area (Å²) in [5.74, 6) is -0.506. The number of nitrogens with one attached hydrogen (secondary N) is 1. The van der Waals surface area contributed by atoms with E-state index in [1.165, 1.54) is 23.5 Å². The van der Waals surface area contributed by atoms with E-state index in [1.807, 2.05) is 70.7 Å². The Hall–Kier alpha value is -3.33. The molecule has 0 fully saturated rings. The Morgan fingerprint density at radius 1 is 0.938 bits per heavy atom. The minimum absolute atomic E-state index is 0.0281. The molecule has 0 unspecified atom stereocenters. The molecule has 6 nitrogen and oxygen atoms in total. The number of thiophene rings is 1. The molecule has 0 atom stereocenters. The summed E-state index contributed by atoms with van der Waals surface area (Å²) in [5.41, 5.74) is 1.78. The van der Waals surface area contributed by atoms with E-state index in [4.69, 9.17) is 0 Å². The van der Waals surface area contributed by atoms with Crippen LogP contribution in [0.15, 0.2) is 106 Å². The van der Waals surface area contributed by atoms with Crippen LogP contribution in [-0.2, 0) is 23.1 Å². The van der Waals surface area contributed by atoms with Gasteiger partial charge in [-0.05, 0) is 47.3 Å². The number of pyridine rings is 1. The quantitative estimate of drug-likeness (QED) is 0.453. The Morgan fingerprint density at radius 3 is 2.53 bits per heavy atom. The maximum Gasteiger partial charge on any atom is 0.278 e. The summed E-state index contributed by atoms with van der Waals surface area (Å²) in [7, 11) is -3.76. The number of carbonyl (C=O) groups is 1. The summed E-state index contributed by atoms with van der Waals surface area (Å²) in [6.45, 7) is 0.765. The summed E-state index contributed by atoms with van der Waals surface area (Å²) in [4.78, 5) is 18.0. The van der Waals surface area contributed by atoms with Gasteiger partial charge in [-0.15, -0.1) is 11.3 Å². The molecule has 0 saturated carbocycles. The van der Waals surface area contributed by atoms with Crippen LogP contribution in [0, 0.1) is 0 Å². The standard InChI is InChI=1S/C24H21N3O3S2/c28-24(26-23-13-4-5-14-27(23)18-19-8-2-1-3-9-19)20-10-6-12-22(16-20)32(29,30)25-17-21-11-7-15-31-21/h1-16,25H,17-18H2. The van der Waals surface area contributed by atoms with Crippen molar-refractivity contribution in [2.45, 2.75) is 18.0 Å². The van der Waals surface area contributed by atoms with Gasteiger partial charge in [-0.2, -0.15) is 4.99 Å². The molecule has 1 N–H and O–H groups in total. The first-order valence-corrected chi connectivity index (χ1v) is 12.3. The van der Waals surface area contributed by atoms with Crippen molar-refractivity contribution in [3.63, 3.8) is 0 Å². The third kappa shape index (κ3) is 5.47. The van der Waals surface area contributed by atoms with Crippen molar-refractivity contribution in [2.24, 2.45) is 4.99 Å². The van der Waals surface area contributed by atoms with Crippen molar-refractivity contribution in [2.75, 3.05) is 0 Å². The van der Waals surface area contributed by atoms with Crippen LogP contribution < -0.4 is 10.2 Å². The van der Waals surface area contributed by atoms with Gasteiger partial charge in [0.05, 0.1) is 4.90 Å². The summed E-state index contributed by atoms with van der Waals surface area (Å²) in [5, 5.41) is 1.89. The molecule has 4 rings (SSSR count). The molecule has 2 aromatic heterocycles. The number of amides is 1. The summed E-state index contributed by atoms with van der Waals surface area (Å²) in [6, 6.07) is 25.0. The largest absolute Gasteiger partial charge is 0.328 e. The molecular formula is C24H21N3O3S2. The fourth-order valence-electron chi connectivity index (χ4n) is 3.11. The van der Waals surface area contributed by atoms with Crippen LogP contribution in [0.2, 0.25) is 0 Å². The van der Waals surface area contributed by atoms with E-state index in [0.717, 1.165) is 10.4 Å². The molecule has 4 aromatic rings. The third-order valence-electron chi connectivity index (χ3n) is 4.74. The highest BCUT2D eigenvalue weighted by atomic mass is 32.2. The molecule has 32 heavy (non-hydrogen) atoms. The molecule has 2 heterocycles. The van der Waals surface area contributed by atoms with E-state index in [0.29, 0.717) is 12.0 Å². The molecule has 162 valence electrons. The zero-order chi connectivity index (χ0) is 22.4. The van der Waals surface area contributed by atoms with Crippen LogP contribution in [0.4, 0.5) is 0 Å². The Balaban J connectivity index is 1.58. The van der Waals surface area contributed by atoms with Crippen LogP contribution in [0.1, 0.15) is 20.8 Å². The predicted octanol–water partition coefficient (Wildman–Crippen LogP) is 3.82. The monoisotopic (exact) mass is 463 g/mol. The number of rotatable bonds is 7. The normalized spacial score (nSPS) is 12.1. The molecule has 0 spiro atoms. The lowest BCUT2D eigenvalue weighted by Crippen LogP contribution is -2.23. The molecule has 2 aromatic carbocycles. The van der Waals surface area contributed by atoms with Crippen LogP contribution in [0.3, 0.4) is 0 Å². The highest BCUT2D eigenvalue weighted by molar-refractivity contribution is 7.89. The predicted molar refractivity (Wildman–Crippen MR) is 125 cm³/mol. The molecule has 0 radical (unpaired) electrons. The SMILES string of the molecule is O=C(N=c1ccccn1Cc1ccccc1)c1cccc(S(=O)(=O)NCc2cccs2)c1. The van der Waals surface area contributed by atoms with Crippen LogP contribution in [-0.4, -0.2) is 18.9 Å². The second-order valence-electron chi connectivity index (χ2n) is 7.02. The van der Waals surface area contributed by atoms with Crippen molar-refractivity contribution in [1.82, 2.24) is 9.29 Å². The Kier molecular flexibility index (Phi) is 6.75. The lowest BCUT2D eigenvalue weighted by atomic mass is 10.2. The number of carbonyl (C=O) groups excluding carboxylic acids is 1. The molecule has 0 aliphatic carbocycles. The van der Waals surface area contributed by atoms with Crippen molar-refractivity contribution in [3.8, 4) is 0 Å². The number of aromatic nitrogens is 1. The minimum atomic E-state index is -3.76.